The Morgan fingerprint density at radius 2 is 1.53 bits per heavy atom. The molecule has 1 heterocycles. The van der Waals surface area contributed by atoms with E-state index in [0.717, 1.165) is 40.7 Å². The van der Waals surface area contributed by atoms with Crippen molar-refractivity contribution in [3.05, 3.63) is 150 Å². The number of allylic oxidation sites excluding steroid dienone is 1. The molecule has 5 aromatic rings. The molecule has 2 atom stereocenters. The number of nitrogens with one attached hydrogen (secondary N) is 1. The van der Waals surface area contributed by atoms with Crippen molar-refractivity contribution in [1.82, 2.24) is 5.32 Å². The van der Waals surface area contributed by atoms with Crippen molar-refractivity contribution in [2.24, 2.45) is 0 Å². The quantitative estimate of drug-likeness (QED) is 0.0871. The third-order valence-corrected chi connectivity index (χ3v) is 8.23. The molecule has 1 fully saturated rings. The number of halogens is 1. The Morgan fingerprint density at radius 1 is 0.851 bits per heavy atom. The maximum atomic E-state index is 13.8. The van der Waals surface area contributed by atoms with Gasteiger partial charge in [-0.15, -0.1) is 0 Å². The van der Waals surface area contributed by atoms with Gasteiger partial charge in [0.15, 0.2) is 5.78 Å². The van der Waals surface area contributed by atoms with Crippen LogP contribution in [0.25, 0.3) is 22.3 Å². The van der Waals surface area contributed by atoms with Gasteiger partial charge >= 0.3 is 6.03 Å². The monoisotopic (exact) mass is 626 g/mol. The smallest absolute Gasteiger partial charge is 0.323 e. The van der Waals surface area contributed by atoms with Crippen LogP contribution in [-0.4, -0.2) is 29.6 Å². The second-order valence-electron chi connectivity index (χ2n) is 11.4. The molecule has 2 N–H and O–H groups in total. The molecule has 0 unspecified atom stereocenters. The first-order valence-corrected chi connectivity index (χ1v) is 15.7. The van der Waals surface area contributed by atoms with E-state index < -0.39 is 17.9 Å². The maximum Gasteiger partial charge on any atom is 0.323 e. The lowest BCUT2D eigenvalue weighted by Crippen LogP contribution is -2.30. The molecule has 1 aliphatic heterocycles. The molecule has 5 aromatic carbocycles. The van der Waals surface area contributed by atoms with Gasteiger partial charge in [-0.2, -0.15) is 0 Å². The van der Waals surface area contributed by atoms with E-state index in [2.05, 4.69) is 12.2 Å². The second kappa shape index (κ2) is 14.2. The molecule has 2 amide bonds. The highest BCUT2D eigenvalue weighted by atomic mass is 19.1. The molecule has 1 saturated heterocycles. The Kier molecular flexibility index (Phi) is 9.43. The van der Waals surface area contributed by atoms with Crippen molar-refractivity contribution in [2.75, 3.05) is 11.5 Å². The molecule has 0 spiro atoms. The number of benzene rings is 5. The van der Waals surface area contributed by atoms with Gasteiger partial charge in [0, 0.05) is 16.8 Å². The van der Waals surface area contributed by atoms with Gasteiger partial charge in [0.1, 0.15) is 17.3 Å². The zero-order chi connectivity index (χ0) is 32.8. The summed E-state index contributed by atoms with van der Waals surface area (Å²) in [5.41, 5.74) is 5.56. The minimum absolute atomic E-state index is 0.159. The van der Waals surface area contributed by atoms with Crippen molar-refractivity contribution in [3.63, 3.8) is 0 Å². The SMILES string of the molecule is CCCCOc1cc(-c2cccc(O)c2)ccc1[C@@H]1[C@H](/C=C/C(=O)c2ccc(F)cc2)NC(=O)N1c1ccc(-c2ccccc2)cc1. The molecule has 6 nitrogen and oxygen atoms in total. The fourth-order valence-electron chi connectivity index (χ4n) is 5.78. The first kappa shape index (κ1) is 31.3. The van der Waals surface area contributed by atoms with Crippen molar-refractivity contribution in [2.45, 2.75) is 31.8 Å². The van der Waals surface area contributed by atoms with Crippen LogP contribution in [-0.2, 0) is 0 Å². The average molecular weight is 627 g/mol. The zero-order valence-electron chi connectivity index (χ0n) is 26.0. The predicted octanol–water partition coefficient (Wildman–Crippen LogP) is 9.12. The van der Waals surface area contributed by atoms with E-state index in [-0.39, 0.29) is 17.6 Å². The first-order chi connectivity index (χ1) is 22.9. The lowest BCUT2D eigenvalue weighted by molar-refractivity contribution is 0.104. The summed E-state index contributed by atoms with van der Waals surface area (Å²) in [6.07, 6.45) is 4.90. The maximum absolute atomic E-state index is 13.8. The number of aromatic hydroxyl groups is 1. The third-order valence-electron chi connectivity index (χ3n) is 8.23. The molecule has 0 aromatic heterocycles. The number of nitrogens with zero attached hydrogens (tertiary/aromatic N) is 1. The molecule has 0 bridgehead atoms. The van der Waals surface area contributed by atoms with Gasteiger partial charge < -0.3 is 15.2 Å². The number of phenols is 1. The van der Waals surface area contributed by atoms with E-state index in [1.807, 2.05) is 78.9 Å². The normalized spacial score (nSPS) is 16.0. The summed E-state index contributed by atoms with van der Waals surface area (Å²) in [5.74, 6) is 0.0383. The van der Waals surface area contributed by atoms with Gasteiger partial charge in [-0.1, -0.05) is 86.2 Å². The fraction of sp³-hybridized carbons (Fsp3) is 0.150. The molecule has 6 rings (SSSR count). The largest absolute Gasteiger partial charge is 0.508 e. The standard InChI is InChI=1S/C40H35FN2O4/c1-2-3-24-47-38-26-31(30-10-7-11-34(44)25-30)16-21-35(38)39-36(22-23-37(45)29-12-17-32(41)18-13-29)42-40(46)43(39)33-19-14-28(15-20-33)27-8-5-4-6-9-27/h4-23,25-26,36,39,44H,2-3,24H2,1H3,(H,42,46)/b23-22+/t36-,39+/m0/s1. The number of ketones is 1. The number of amides is 2. The molecule has 0 radical (unpaired) electrons. The first-order valence-electron chi connectivity index (χ1n) is 15.7. The lowest BCUT2D eigenvalue weighted by atomic mass is 9.94. The summed E-state index contributed by atoms with van der Waals surface area (Å²) >= 11 is 0. The van der Waals surface area contributed by atoms with Gasteiger partial charge in [-0.3, -0.25) is 9.69 Å². The number of carbonyl (C=O) groups excluding carboxylic acids is 2. The van der Waals surface area contributed by atoms with Crippen LogP contribution in [0.5, 0.6) is 11.5 Å². The summed E-state index contributed by atoms with van der Waals surface area (Å²) in [6.45, 7) is 2.57. The number of anilines is 1. The Morgan fingerprint density at radius 3 is 2.26 bits per heavy atom. The summed E-state index contributed by atoms with van der Waals surface area (Å²) in [6, 6.07) is 34.5. The van der Waals surface area contributed by atoms with Crippen LogP contribution in [0.2, 0.25) is 0 Å². The van der Waals surface area contributed by atoms with E-state index >= 15 is 0 Å². The van der Waals surface area contributed by atoms with Crippen LogP contribution in [0.1, 0.15) is 41.7 Å². The number of urea groups is 1. The van der Waals surface area contributed by atoms with E-state index in [9.17, 15) is 19.1 Å². The molecule has 236 valence electrons. The number of rotatable bonds is 11. The van der Waals surface area contributed by atoms with Crippen molar-refractivity contribution in [1.29, 1.82) is 0 Å². The topological polar surface area (TPSA) is 78.9 Å². The summed E-state index contributed by atoms with van der Waals surface area (Å²) in [7, 11) is 0. The van der Waals surface area contributed by atoms with Gasteiger partial charge in [0.25, 0.3) is 0 Å². The molecular weight excluding hydrogens is 591 g/mol. The number of ether oxygens (including phenoxy) is 1. The van der Waals surface area contributed by atoms with Gasteiger partial charge in [-0.25, -0.2) is 9.18 Å². The predicted molar refractivity (Wildman–Crippen MR) is 183 cm³/mol. The Hall–Kier alpha value is -5.69. The van der Waals surface area contributed by atoms with Crippen LogP contribution in [0, 0.1) is 5.82 Å². The average Bonchev–Trinajstić information content (AvgIpc) is 3.43. The Labute approximate surface area is 273 Å². The molecular formula is C40H35FN2O4. The Balaban J connectivity index is 1.42. The van der Waals surface area contributed by atoms with Crippen LogP contribution in [0.4, 0.5) is 14.9 Å². The molecule has 47 heavy (non-hydrogen) atoms. The van der Waals surface area contributed by atoms with Crippen LogP contribution < -0.4 is 15.0 Å². The number of carbonyl (C=O) groups is 2. The summed E-state index contributed by atoms with van der Waals surface area (Å²) in [5, 5.41) is 13.2. The number of unbranched alkanes of at least 4 members (excludes halogenated alkanes) is 1. The number of hydrogen-bond acceptors (Lipinski definition) is 4. The van der Waals surface area contributed by atoms with Crippen LogP contribution in [0.15, 0.2) is 133 Å². The van der Waals surface area contributed by atoms with Crippen LogP contribution >= 0.6 is 0 Å². The minimum Gasteiger partial charge on any atom is -0.508 e. The van der Waals surface area contributed by atoms with E-state index in [1.165, 1.54) is 30.3 Å². The number of hydrogen-bond donors (Lipinski definition) is 2. The van der Waals surface area contributed by atoms with Gasteiger partial charge in [0.05, 0.1) is 18.7 Å². The number of phenolic OH excluding ortho intramolecular Hbond substituents is 1. The van der Waals surface area contributed by atoms with Gasteiger partial charge in [0.2, 0.25) is 0 Å². The van der Waals surface area contributed by atoms with Gasteiger partial charge in [-0.05, 0) is 89.3 Å². The third kappa shape index (κ3) is 7.10. The lowest BCUT2D eigenvalue weighted by Gasteiger charge is -2.28. The molecule has 7 heteroatoms. The van der Waals surface area contributed by atoms with E-state index in [1.54, 1.807) is 29.2 Å². The molecule has 0 saturated carbocycles. The summed E-state index contributed by atoms with van der Waals surface area (Å²) in [4.78, 5) is 28.5. The highest BCUT2D eigenvalue weighted by Gasteiger charge is 2.41. The van der Waals surface area contributed by atoms with E-state index in [4.69, 9.17) is 4.74 Å². The minimum atomic E-state index is -0.596. The molecule has 1 aliphatic rings. The van der Waals surface area contributed by atoms with Crippen molar-refractivity contribution < 1.29 is 23.8 Å². The fourth-order valence-corrected chi connectivity index (χ4v) is 5.78. The zero-order valence-corrected chi connectivity index (χ0v) is 26.0. The second-order valence-corrected chi connectivity index (χ2v) is 11.4. The van der Waals surface area contributed by atoms with Crippen molar-refractivity contribution in [3.8, 4) is 33.8 Å². The van der Waals surface area contributed by atoms with Crippen molar-refractivity contribution >= 4 is 17.5 Å². The van der Waals surface area contributed by atoms with E-state index in [0.29, 0.717) is 23.6 Å². The summed E-state index contributed by atoms with van der Waals surface area (Å²) < 4.78 is 19.9. The van der Waals surface area contributed by atoms with Crippen LogP contribution in [0.3, 0.4) is 0 Å². The highest BCUT2D eigenvalue weighted by molar-refractivity contribution is 6.05. The highest BCUT2D eigenvalue weighted by Crippen LogP contribution is 2.41. The Bertz CT molecular complexity index is 1890. The molecule has 0 aliphatic carbocycles.